The Balaban J connectivity index is 2.08. The zero-order valence-electron chi connectivity index (χ0n) is 9.99. The van der Waals surface area contributed by atoms with Crippen molar-refractivity contribution < 1.29 is 9.21 Å². The molecule has 0 N–H and O–H groups in total. The minimum absolute atomic E-state index is 0.252. The second-order valence-corrected chi connectivity index (χ2v) is 6.01. The normalized spacial score (nSPS) is 10.9. The van der Waals surface area contributed by atoms with E-state index in [2.05, 4.69) is 15.9 Å². The lowest BCUT2D eigenvalue weighted by Crippen LogP contribution is -2.00. The number of furan rings is 1. The summed E-state index contributed by atoms with van der Waals surface area (Å²) < 4.78 is 6.49. The summed E-state index contributed by atoms with van der Waals surface area (Å²) in [5.74, 6) is -0.0127. The molecule has 1 heterocycles. The number of rotatable bonds is 2. The van der Waals surface area contributed by atoms with E-state index in [1.165, 1.54) is 6.07 Å². The van der Waals surface area contributed by atoms with E-state index in [1.807, 2.05) is 12.1 Å². The third kappa shape index (κ3) is 2.49. The van der Waals surface area contributed by atoms with Crippen LogP contribution in [0, 0.1) is 0 Å². The molecule has 0 spiro atoms. The van der Waals surface area contributed by atoms with Crippen LogP contribution in [0.2, 0.25) is 10.0 Å². The Morgan fingerprint density at radius 3 is 2.60 bits per heavy atom. The first-order valence-electron chi connectivity index (χ1n) is 5.73. The van der Waals surface area contributed by atoms with Gasteiger partial charge in [0, 0.05) is 20.4 Å². The Morgan fingerprint density at radius 1 is 1.05 bits per heavy atom. The molecule has 0 bridgehead atoms. The van der Waals surface area contributed by atoms with Crippen molar-refractivity contribution in [2.24, 2.45) is 0 Å². The smallest absolute Gasteiger partial charge is 0.229 e. The van der Waals surface area contributed by atoms with E-state index >= 15 is 0 Å². The van der Waals surface area contributed by atoms with E-state index < -0.39 is 0 Å². The van der Waals surface area contributed by atoms with Crippen molar-refractivity contribution in [2.75, 3.05) is 0 Å². The minimum Gasteiger partial charge on any atom is -0.453 e. The van der Waals surface area contributed by atoms with Crippen LogP contribution in [0.5, 0.6) is 0 Å². The van der Waals surface area contributed by atoms with Crippen LogP contribution in [0.25, 0.3) is 11.0 Å². The minimum atomic E-state index is -0.265. The molecule has 0 saturated carbocycles. The monoisotopic (exact) mass is 368 g/mol. The predicted molar refractivity (Wildman–Crippen MR) is 83.8 cm³/mol. The lowest BCUT2D eigenvalue weighted by Gasteiger charge is -2.01. The SMILES string of the molecule is O=C(c1cc2cc(Br)ccc2o1)c1ccc(Cl)cc1Cl. The van der Waals surface area contributed by atoms with E-state index in [4.69, 9.17) is 27.6 Å². The van der Waals surface area contributed by atoms with Crippen LogP contribution < -0.4 is 0 Å². The molecule has 0 saturated heterocycles. The molecule has 0 aliphatic heterocycles. The fourth-order valence-corrected chi connectivity index (χ4v) is 2.81. The van der Waals surface area contributed by atoms with Gasteiger partial charge in [0.2, 0.25) is 5.78 Å². The lowest BCUT2D eigenvalue weighted by atomic mass is 10.1. The summed E-state index contributed by atoms with van der Waals surface area (Å²) in [6, 6.07) is 12.0. The first-order valence-corrected chi connectivity index (χ1v) is 7.28. The molecule has 2 aromatic carbocycles. The largest absolute Gasteiger partial charge is 0.453 e. The van der Waals surface area contributed by atoms with E-state index in [9.17, 15) is 4.79 Å². The molecule has 0 aliphatic rings. The van der Waals surface area contributed by atoms with Crippen LogP contribution in [-0.4, -0.2) is 5.78 Å². The maximum absolute atomic E-state index is 12.4. The Labute approximate surface area is 133 Å². The molecule has 3 rings (SSSR count). The third-order valence-electron chi connectivity index (χ3n) is 2.88. The Kier molecular flexibility index (Phi) is 3.59. The van der Waals surface area contributed by atoms with Crippen molar-refractivity contribution in [1.82, 2.24) is 0 Å². The van der Waals surface area contributed by atoms with Gasteiger partial charge in [-0.25, -0.2) is 0 Å². The molecule has 20 heavy (non-hydrogen) atoms. The highest BCUT2D eigenvalue weighted by Crippen LogP contribution is 2.27. The van der Waals surface area contributed by atoms with E-state index in [0.717, 1.165) is 9.86 Å². The second kappa shape index (κ2) is 5.24. The van der Waals surface area contributed by atoms with Crippen LogP contribution in [0.4, 0.5) is 0 Å². The quantitative estimate of drug-likeness (QED) is 0.539. The van der Waals surface area contributed by atoms with Crippen LogP contribution in [0.3, 0.4) is 0 Å². The van der Waals surface area contributed by atoms with E-state index in [0.29, 0.717) is 21.2 Å². The molecule has 0 amide bonds. The average molecular weight is 370 g/mol. The first kappa shape index (κ1) is 13.7. The van der Waals surface area contributed by atoms with Crippen molar-refractivity contribution in [3.8, 4) is 0 Å². The third-order valence-corrected chi connectivity index (χ3v) is 3.92. The zero-order valence-corrected chi connectivity index (χ0v) is 13.1. The van der Waals surface area contributed by atoms with Crippen LogP contribution >= 0.6 is 39.1 Å². The van der Waals surface area contributed by atoms with Crippen molar-refractivity contribution in [2.45, 2.75) is 0 Å². The summed E-state index contributed by atoms with van der Waals surface area (Å²) in [5, 5.41) is 1.65. The first-order chi connectivity index (χ1) is 9.54. The maximum Gasteiger partial charge on any atom is 0.229 e. The van der Waals surface area contributed by atoms with Gasteiger partial charge >= 0.3 is 0 Å². The summed E-state index contributed by atoms with van der Waals surface area (Å²) >= 11 is 15.2. The Hall–Kier alpha value is -1.29. The Bertz CT molecular complexity index is 824. The van der Waals surface area contributed by atoms with Gasteiger partial charge in [-0.2, -0.15) is 0 Å². The molecule has 0 radical (unpaired) electrons. The van der Waals surface area contributed by atoms with Crippen LogP contribution in [-0.2, 0) is 0 Å². The second-order valence-electron chi connectivity index (χ2n) is 4.25. The summed E-state index contributed by atoms with van der Waals surface area (Å²) in [7, 11) is 0. The van der Waals surface area contributed by atoms with E-state index in [-0.39, 0.29) is 11.5 Å². The molecule has 0 fully saturated rings. The topological polar surface area (TPSA) is 30.2 Å². The zero-order chi connectivity index (χ0) is 14.3. The van der Waals surface area contributed by atoms with Crippen molar-refractivity contribution >= 4 is 55.9 Å². The summed E-state index contributed by atoms with van der Waals surface area (Å²) in [6.45, 7) is 0. The highest BCUT2D eigenvalue weighted by Gasteiger charge is 2.17. The van der Waals surface area contributed by atoms with Crippen molar-refractivity contribution in [1.29, 1.82) is 0 Å². The summed E-state index contributed by atoms with van der Waals surface area (Å²) in [5.41, 5.74) is 1.02. The molecular formula is C15H7BrCl2O2. The summed E-state index contributed by atoms with van der Waals surface area (Å²) in [6.07, 6.45) is 0. The molecule has 0 aliphatic carbocycles. The number of halogens is 3. The molecule has 2 nitrogen and oxygen atoms in total. The fraction of sp³-hybridized carbons (Fsp3) is 0. The number of benzene rings is 2. The standard InChI is InChI=1S/C15H7BrCl2O2/c16-9-1-4-13-8(5-9)6-14(20-13)15(19)11-3-2-10(17)7-12(11)18/h1-7H. The number of carbonyl (C=O) groups excluding carboxylic acids is 1. The molecule has 3 aromatic rings. The van der Waals surface area contributed by atoms with E-state index in [1.54, 1.807) is 24.3 Å². The highest BCUT2D eigenvalue weighted by atomic mass is 79.9. The van der Waals surface area contributed by atoms with Gasteiger partial charge in [0.05, 0.1) is 5.02 Å². The number of hydrogen-bond acceptors (Lipinski definition) is 2. The molecular weight excluding hydrogens is 363 g/mol. The van der Waals surface area contributed by atoms with Gasteiger partial charge in [-0.05, 0) is 42.5 Å². The van der Waals surface area contributed by atoms with Gasteiger partial charge in [-0.15, -0.1) is 0 Å². The van der Waals surface area contributed by atoms with Crippen molar-refractivity contribution in [3.05, 3.63) is 68.3 Å². The van der Waals surface area contributed by atoms with Gasteiger partial charge in [0.25, 0.3) is 0 Å². The average Bonchev–Trinajstić information content (AvgIpc) is 2.81. The fourth-order valence-electron chi connectivity index (χ4n) is 1.93. The molecule has 0 unspecified atom stereocenters. The van der Waals surface area contributed by atoms with Gasteiger partial charge in [-0.1, -0.05) is 39.1 Å². The number of fused-ring (bicyclic) bond motifs is 1. The number of ketones is 1. The molecule has 1 aromatic heterocycles. The highest BCUT2D eigenvalue weighted by molar-refractivity contribution is 9.10. The van der Waals surface area contributed by atoms with Gasteiger partial charge < -0.3 is 4.42 Å². The van der Waals surface area contributed by atoms with Gasteiger partial charge in [0.15, 0.2) is 5.76 Å². The van der Waals surface area contributed by atoms with Crippen molar-refractivity contribution in [3.63, 3.8) is 0 Å². The number of carbonyl (C=O) groups is 1. The maximum atomic E-state index is 12.4. The van der Waals surface area contributed by atoms with Gasteiger partial charge in [0.1, 0.15) is 5.58 Å². The van der Waals surface area contributed by atoms with Crippen LogP contribution in [0.1, 0.15) is 16.1 Å². The molecule has 100 valence electrons. The molecule has 5 heteroatoms. The number of hydrogen-bond donors (Lipinski definition) is 0. The predicted octanol–water partition coefficient (Wildman–Crippen LogP) is 5.73. The Morgan fingerprint density at radius 2 is 1.85 bits per heavy atom. The van der Waals surface area contributed by atoms with Gasteiger partial charge in [-0.3, -0.25) is 4.79 Å². The molecule has 0 atom stereocenters. The summed E-state index contributed by atoms with van der Waals surface area (Å²) in [4.78, 5) is 12.4. The van der Waals surface area contributed by atoms with Crippen LogP contribution in [0.15, 0.2) is 51.4 Å². The lowest BCUT2D eigenvalue weighted by molar-refractivity contribution is 0.101.